The fraction of sp³-hybridized carbons (Fsp3) is 0.271. The van der Waals surface area contributed by atoms with E-state index in [0.717, 1.165) is 33.4 Å². The highest BCUT2D eigenvalue weighted by molar-refractivity contribution is 5.99. The van der Waals surface area contributed by atoms with E-state index in [9.17, 15) is 58.5 Å². The minimum absolute atomic E-state index is 0.0239. The molecule has 9 rings (SSSR count). The molecule has 0 aliphatic carbocycles. The van der Waals surface area contributed by atoms with Gasteiger partial charge in [-0.3, -0.25) is 28.8 Å². The van der Waals surface area contributed by atoms with Crippen LogP contribution in [-0.4, -0.2) is 129 Å². The van der Waals surface area contributed by atoms with Crippen LogP contribution in [0.5, 0.6) is 17.2 Å². The van der Waals surface area contributed by atoms with E-state index in [1.54, 1.807) is 72.8 Å². The number of hydrogen-bond donors (Lipinski definition) is 9. The molecule has 2 aliphatic rings. The van der Waals surface area contributed by atoms with Crippen LogP contribution in [0.4, 0.5) is 0 Å². The molecule has 23 heteroatoms. The summed E-state index contributed by atoms with van der Waals surface area (Å²) in [6.45, 7) is 1.07. The fourth-order valence-corrected chi connectivity index (χ4v) is 10.0. The van der Waals surface area contributed by atoms with Gasteiger partial charge in [-0.2, -0.15) is 0 Å². The van der Waals surface area contributed by atoms with Crippen LogP contribution in [0.25, 0.3) is 11.1 Å². The van der Waals surface area contributed by atoms with Gasteiger partial charge in [0.25, 0.3) is 23.6 Å². The minimum Gasteiger partial charge on any atom is -0.489 e. The number of amides is 5. The first-order chi connectivity index (χ1) is 44.9. The van der Waals surface area contributed by atoms with Gasteiger partial charge in [0.15, 0.2) is 24.4 Å². The number of carbonyl (C=O) groups excluding carboxylic acids is 5. The van der Waals surface area contributed by atoms with Gasteiger partial charge in [0, 0.05) is 32.2 Å². The van der Waals surface area contributed by atoms with Crippen molar-refractivity contribution < 1.29 is 87.3 Å². The Balaban J connectivity index is 0.674. The molecule has 8 atom stereocenters. The SMILES string of the molecule is O=C(O)CCC[C@@H](NC(=O)[C@H]1O[C@@H]1C(=O)N[C@@H](Cc1ccc(OCc2cccc(-c3ccc(COc4ccc(C[C@H](NC(=O)[C@H]5O[C@@H]5C(=O)N[C@@H](Cc5ccc(OCc6ccccc6)cc5)C(=O)O)C(=O)O)cc4)cc3)c2)cc1)C(=O)O)C(=O)NCCc1ccccc1. The Bertz CT molecular complexity index is 3740. The zero-order chi connectivity index (χ0) is 65.8. The molecule has 2 heterocycles. The summed E-state index contributed by atoms with van der Waals surface area (Å²) in [6, 6.07) is 49.6. The largest absolute Gasteiger partial charge is 0.489 e. The molecule has 2 saturated heterocycles. The van der Waals surface area contributed by atoms with Crippen LogP contribution in [0.15, 0.2) is 182 Å². The van der Waals surface area contributed by atoms with Gasteiger partial charge in [-0.15, -0.1) is 0 Å². The van der Waals surface area contributed by atoms with E-state index in [4.69, 9.17) is 28.8 Å². The number of carboxylic acid groups (broad SMARTS) is 4. The van der Waals surface area contributed by atoms with Crippen molar-refractivity contribution in [1.29, 1.82) is 0 Å². The number of benzene rings is 7. The van der Waals surface area contributed by atoms with Gasteiger partial charge >= 0.3 is 23.9 Å². The second-order valence-corrected chi connectivity index (χ2v) is 22.3. The Kier molecular flexibility index (Phi) is 23.0. The lowest BCUT2D eigenvalue weighted by Gasteiger charge is -2.18. The van der Waals surface area contributed by atoms with E-state index in [2.05, 4.69) is 26.6 Å². The summed E-state index contributed by atoms with van der Waals surface area (Å²) in [4.78, 5) is 113. The summed E-state index contributed by atoms with van der Waals surface area (Å²) in [6.07, 6.45) is -5.00. The van der Waals surface area contributed by atoms with Crippen LogP contribution in [0.1, 0.15) is 58.2 Å². The monoisotopic (exact) mass is 1270 g/mol. The van der Waals surface area contributed by atoms with Crippen LogP contribution in [0.3, 0.4) is 0 Å². The van der Waals surface area contributed by atoms with Crippen molar-refractivity contribution in [3.8, 4) is 28.4 Å². The standard InChI is InChI=1S/C70H69N5O18/c76-58(77)16-8-15-54(63(78)71-34-33-42-9-3-1-4-10-42)72-64(79)59-60(92-59)65(80)73-55(68(83)84)38-45-23-31-53(32-24-45)91-41-48-13-7-14-50(35-48)49-25-17-47(18-26-49)40-90-52-29-21-44(22-30-52)37-57(70(87)88)75-67(82)62-61(93-62)66(81)74-56(69(85)86)36-43-19-27-51(28-20-43)89-39-46-11-5-2-6-12-46/h1-7,9-14,17-32,35,54-57,59-62H,8,15-16,33-34,36-41H2,(H,71,78)(H,72,79)(H,73,80)(H,74,81)(H,75,82)(H,76,77)(H,83,84)(H,85,86)(H,87,88)/t54-,55+,56+,57+,59+,60+,61+,62+/m1/s1. The molecule has 0 unspecified atom stereocenters. The van der Waals surface area contributed by atoms with Crippen molar-refractivity contribution in [2.24, 2.45) is 0 Å². The third-order valence-corrected chi connectivity index (χ3v) is 15.3. The van der Waals surface area contributed by atoms with Crippen LogP contribution in [0.2, 0.25) is 0 Å². The second-order valence-electron chi connectivity index (χ2n) is 22.3. The molecule has 7 aromatic carbocycles. The molecule has 7 aromatic rings. The summed E-state index contributed by atoms with van der Waals surface area (Å²) in [5.74, 6) is -7.13. The zero-order valence-electron chi connectivity index (χ0n) is 50.2. The average Bonchev–Trinajstić information content (AvgIpc) is 1.68. The van der Waals surface area contributed by atoms with Gasteiger partial charge < -0.3 is 70.7 Å². The van der Waals surface area contributed by atoms with E-state index in [-0.39, 0.29) is 58.3 Å². The number of epoxide rings is 2. The van der Waals surface area contributed by atoms with Crippen molar-refractivity contribution in [2.45, 2.75) is 113 Å². The van der Waals surface area contributed by atoms with Gasteiger partial charge in [-0.1, -0.05) is 140 Å². The summed E-state index contributed by atoms with van der Waals surface area (Å²) in [5.41, 5.74) is 7.37. The maximum atomic E-state index is 13.1. The Morgan fingerprint density at radius 2 is 0.753 bits per heavy atom. The van der Waals surface area contributed by atoms with E-state index in [0.29, 0.717) is 47.0 Å². The molecule has 482 valence electrons. The predicted molar refractivity (Wildman–Crippen MR) is 334 cm³/mol. The Morgan fingerprint density at radius 3 is 1.16 bits per heavy atom. The van der Waals surface area contributed by atoms with E-state index in [1.807, 2.05) is 109 Å². The molecule has 0 bridgehead atoms. The second kappa shape index (κ2) is 32.2. The summed E-state index contributed by atoms with van der Waals surface area (Å²) in [5, 5.41) is 51.6. The maximum absolute atomic E-state index is 13.1. The molecule has 2 aliphatic heterocycles. The molecular formula is C70H69N5O18. The van der Waals surface area contributed by atoms with Gasteiger partial charge in [0.05, 0.1) is 0 Å². The lowest BCUT2D eigenvalue weighted by molar-refractivity contribution is -0.142. The molecule has 0 spiro atoms. The van der Waals surface area contributed by atoms with E-state index in [1.165, 1.54) is 0 Å². The minimum atomic E-state index is -1.37. The number of carboxylic acids is 4. The molecule has 2 fully saturated rings. The molecule has 0 aromatic heterocycles. The van der Waals surface area contributed by atoms with Crippen molar-refractivity contribution in [3.63, 3.8) is 0 Å². The maximum Gasteiger partial charge on any atom is 0.326 e. The van der Waals surface area contributed by atoms with E-state index < -0.39 is 102 Å². The third-order valence-electron chi connectivity index (χ3n) is 15.3. The lowest BCUT2D eigenvalue weighted by Crippen LogP contribution is -2.49. The number of ether oxygens (including phenoxy) is 5. The van der Waals surface area contributed by atoms with Crippen molar-refractivity contribution in [1.82, 2.24) is 26.6 Å². The van der Waals surface area contributed by atoms with Crippen LogP contribution in [0, 0.1) is 0 Å². The molecular weight excluding hydrogens is 1200 g/mol. The molecule has 0 saturated carbocycles. The van der Waals surface area contributed by atoms with Crippen LogP contribution in [-0.2, 0) is 98.1 Å². The first-order valence-corrected chi connectivity index (χ1v) is 30.0. The molecule has 9 N–H and O–H groups in total. The molecule has 5 amide bonds. The summed E-state index contributed by atoms with van der Waals surface area (Å²) >= 11 is 0. The lowest BCUT2D eigenvalue weighted by atomic mass is 10.0. The average molecular weight is 1270 g/mol. The van der Waals surface area contributed by atoms with Gasteiger partial charge in [0.1, 0.15) is 61.2 Å². The molecule has 93 heavy (non-hydrogen) atoms. The van der Waals surface area contributed by atoms with Crippen LogP contribution >= 0.6 is 0 Å². The smallest absolute Gasteiger partial charge is 0.326 e. The summed E-state index contributed by atoms with van der Waals surface area (Å²) in [7, 11) is 0. The summed E-state index contributed by atoms with van der Waals surface area (Å²) < 4.78 is 28.5. The number of nitrogens with one attached hydrogen (secondary N) is 5. The number of aliphatic carboxylic acids is 4. The molecule has 0 radical (unpaired) electrons. The zero-order valence-corrected chi connectivity index (χ0v) is 50.2. The van der Waals surface area contributed by atoms with E-state index >= 15 is 0 Å². The quantitative estimate of drug-likeness (QED) is 0.0213. The number of hydrogen-bond acceptors (Lipinski definition) is 14. The Morgan fingerprint density at radius 1 is 0.387 bits per heavy atom. The van der Waals surface area contributed by atoms with Crippen molar-refractivity contribution in [2.75, 3.05) is 6.54 Å². The fourth-order valence-electron chi connectivity index (χ4n) is 10.0. The number of rotatable bonds is 35. The third kappa shape index (κ3) is 20.3. The first-order valence-electron chi connectivity index (χ1n) is 30.0. The highest BCUT2D eigenvalue weighted by Crippen LogP contribution is 2.27. The molecule has 23 nitrogen and oxygen atoms in total. The van der Waals surface area contributed by atoms with Crippen molar-refractivity contribution >= 4 is 53.4 Å². The number of carbonyl (C=O) groups is 9. The van der Waals surface area contributed by atoms with Crippen LogP contribution < -0.4 is 40.8 Å². The van der Waals surface area contributed by atoms with Gasteiger partial charge in [-0.25, -0.2) is 14.4 Å². The van der Waals surface area contributed by atoms with Gasteiger partial charge in [0.2, 0.25) is 5.91 Å². The topological polar surface area (TPSA) is 347 Å². The predicted octanol–water partition coefficient (Wildman–Crippen LogP) is 5.76. The highest BCUT2D eigenvalue weighted by atomic mass is 16.6. The Labute approximate surface area is 534 Å². The Hall–Kier alpha value is -10.9. The van der Waals surface area contributed by atoms with Gasteiger partial charge in [-0.05, 0) is 112 Å². The van der Waals surface area contributed by atoms with Crippen molar-refractivity contribution in [3.05, 3.63) is 221 Å². The highest BCUT2D eigenvalue weighted by Gasteiger charge is 2.53. The normalized spacial score (nSPS) is 16.5. The first kappa shape index (κ1) is 66.5.